The van der Waals surface area contributed by atoms with Gasteiger partial charge in [-0.1, -0.05) is 0 Å². The second-order valence-electron chi connectivity index (χ2n) is 6.53. The van der Waals surface area contributed by atoms with Gasteiger partial charge in [0.1, 0.15) is 5.82 Å². The minimum Gasteiger partial charge on any atom is -0.302 e. The molecule has 1 aromatic carbocycles. The van der Waals surface area contributed by atoms with Crippen molar-refractivity contribution in [3.8, 4) is 0 Å². The predicted octanol–water partition coefficient (Wildman–Crippen LogP) is 4.03. The lowest BCUT2D eigenvalue weighted by Gasteiger charge is -2.22. The standard InChI is InChI=1S/C20H18FN5OS/c1-12-18-8-14(9-22-19(18)25(3)24-12)20(27)26(10-16-11-28-13(2)23-16)17-6-4-15(21)5-7-17/h4-9,11H,10H2,1-3H3. The molecule has 0 saturated heterocycles. The summed E-state index contributed by atoms with van der Waals surface area (Å²) in [6.45, 7) is 4.09. The number of pyridine rings is 1. The number of fused-ring (bicyclic) bond motifs is 1. The molecule has 4 rings (SSSR count). The van der Waals surface area contributed by atoms with Crippen molar-refractivity contribution < 1.29 is 9.18 Å². The van der Waals surface area contributed by atoms with E-state index < -0.39 is 0 Å². The number of anilines is 1. The summed E-state index contributed by atoms with van der Waals surface area (Å²) in [7, 11) is 1.82. The zero-order valence-electron chi connectivity index (χ0n) is 15.7. The minimum absolute atomic E-state index is 0.227. The maximum absolute atomic E-state index is 13.4. The highest BCUT2D eigenvalue weighted by Crippen LogP contribution is 2.23. The third-order valence-corrected chi connectivity index (χ3v) is 5.30. The van der Waals surface area contributed by atoms with E-state index in [1.165, 1.54) is 23.5 Å². The van der Waals surface area contributed by atoms with Crippen LogP contribution in [0.4, 0.5) is 10.1 Å². The van der Waals surface area contributed by atoms with Gasteiger partial charge >= 0.3 is 0 Å². The monoisotopic (exact) mass is 395 g/mol. The van der Waals surface area contributed by atoms with Gasteiger partial charge in [-0.3, -0.25) is 9.48 Å². The third-order valence-electron chi connectivity index (χ3n) is 4.48. The molecule has 0 bridgehead atoms. The summed E-state index contributed by atoms with van der Waals surface area (Å²) in [6.07, 6.45) is 1.55. The molecule has 3 aromatic heterocycles. The second kappa shape index (κ2) is 7.12. The Morgan fingerprint density at radius 3 is 2.68 bits per heavy atom. The van der Waals surface area contributed by atoms with Gasteiger partial charge in [-0.05, 0) is 44.2 Å². The summed E-state index contributed by atoms with van der Waals surface area (Å²) in [4.78, 5) is 23.8. The fraction of sp³-hybridized carbons (Fsp3) is 0.200. The van der Waals surface area contributed by atoms with Crippen LogP contribution in [0.2, 0.25) is 0 Å². The molecule has 0 fully saturated rings. The molecular weight excluding hydrogens is 377 g/mol. The third kappa shape index (κ3) is 3.38. The van der Waals surface area contributed by atoms with Gasteiger partial charge in [0.2, 0.25) is 0 Å². The first-order valence-electron chi connectivity index (χ1n) is 8.70. The number of aromatic nitrogens is 4. The highest BCUT2D eigenvalue weighted by molar-refractivity contribution is 7.09. The first kappa shape index (κ1) is 18.2. The van der Waals surface area contributed by atoms with Crippen LogP contribution in [0.1, 0.15) is 26.8 Å². The highest BCUT2D eigenvalue weighted by atomic mass is 32.1. The Kier molecular flexibility index (Phi) is 4.64. The molecule has 8 heteroatoms. The molecule has 1 amide bonds. The van der Waals surface area contributed by atoms with E-state index in [4.69, 9.17) is 0 Å². The van der Waals surface area contributed by atoms with Crippen LogP contribution >= 0.6 is 11.3 Å². The number of aryl methyl sites for hydroxylation is 3. The zero-order valence-corrected chi connectivity index (χ0v) is 16.5. The van der Waals surface area contributed by atoms with E-state index in [2.05, 4.69) is 15.1 Å². The Morgan fingerprint density at radius 2 is 2.00 bits per heavy atom. The zero-order chi connectivity index (χ0) is 19.8. The first-order valence-corrected chi connectivity index (χ1v) is 9.58. The lowest BCUT2D eigenvalue weighted by Crippen LogP contribution is -2.30. The lowest BCUT2D eigenvalue weighted by atomic mass is 10.1. The van der Waals surface area contributed by atoms with Crippen molar-refractivity contribution in [3.05, 3.63) is 69.7 Å². The van der Waals surface area contributed by atoms with Crippen molar-refractivity contribution in [1.82, 2.24) is 19.7 Å². The Balaban J connectivity index is 1.75. The maximum Gasteiger partial charge on any atom is 0.260 e. The Morgan fingerprint density at radius 1 is 1.25 bits per heavy atom. The van der Waals surface area contributed by atoms with Gasteiger partial charge in [0.05, 0.1) is 28.5 Å². The average molecular weight is 395 g/mol. The van der Waals surface area contributed by atoms with Crippen LogP contribution in [0.25, 0.3) is 11.0 Å². The van der Waals surface area contributed by atoms with Crippen LogP contribution in [-0.4, -0.2) is 25.7 Å². The van der Waals surface area contributed by atoms with Crippen LogP contribution in [0.3, 0.4) is 0 Å². The van der Waals surface area contributed by atoms with Crippen LogP contribution < -0.4 is 4.90 Å². The fourth-order valence-electron chi connectivity index (χ4n) is 3.12. The summed E-state index contributed by atoms with van der Waals surface area (Å²) >= 11 is 1.53. The smallest absolute Gasteiger partial charge is 0.260 e. The van der Waals surface area contributed by atoms with Crippen LogP contribution in [0.15, 0.2) is 41.9 Å². The van der Waals surface area contributed by atoms with Crippen LogP contribution in [0, 0.1) is 19.7 Å². The minimum atomic E-state index is -0.352. The fourth-order valence-corrected chi connectivity index (χ4v) is 3.73. The van der Waals surface area contributed by atoms with E-state index in [9.17, 15) is 9.18 Å². The van der Waals surface area contributed by atoms with E-state index in [0.717, 1.165) is 27.4 Å². The molecule has 0 aliphatic heterocycles. The number of amides is 1. The van der Waals surface area contributed by atoms with Gasteiger partial charge in [0.25, 0.3) is 5.91 Å². The van der Waals surface area contributed by atoms with E-state index in [1.807, 2.05) is 26.3 Å². The van der Waals surface area contributed by atoms with Crippen molar-refractivity contribution in [1.29, 1.82) is 0 Å². The number of carbonyl (C=O) groups excluding carboxylic acids is 1. The van der Waals surface area contributed by atoms with Gasteiger partial charge in [0, 0.05) is 29.7 Å². The number of hydrogen-bond donors (Lipinski definition) is 0. The Labute approximate surface area is 165 Å². The van der Waals surface area contributed by atoms with Gasteiger partial charge < -0.3 is 4.90 Å². The van der Waals surface area contributed by atoms with Crippen molar-refractivity contribution in [2.75, 3.05) is 4.90 Å². The topological polar surface area (TPSA) is 63.9 Å². The lowest BCUT2D eigenvalue weighted by molar-refractivity contribution is 0.0984. The number of halogens is 1. The van der Waals surface area contributed by atoms with Crippen molar-refractivity contribution in [2.45, 2.75) is 20.4 Å². The molecule has 0 unspecified atom stereocenters. The Hall–Kier alpha value is -3.13. The summed E-state index contributed by atoms with van der Waals surface area (Å²) in [5.41, 5.74) is 3.35. The normalized spacial score (nSPS) is 11.1. The molecule has 28 heavy (non-hydrogen) atoms. The molecule has 4 aromatic rings. The predicted molar refractivity (Wildman–Crippen MR) is 107 cm³/mol. The van der Waals surface area contributed by atoms with E-state index in [1.54, 1.807) is 34.0 Å². The summed E-state index contributed by atoms with van der Waals surface area (Å²) in [5, 5.41) is 8.03. The number of rotatable bonds is 4. The molecule has 0 aliphatic carbocycles. The molecule has 0 saturated carbocycles. The van der Waals surface area contributed by atoms with Crippen molar-refractivity contribution >= 4 is 34.0 Å². The molecule has 3 heterocycles. The quantitative estimate of drug-likeness (QED) is 0.523. The van der Waals surface area contributed by atoms with Crippen LogP contribution in [0.5, 0.6) is 0 Å². The molecular formula is C20H18FN5OS. The average Bonchev–Trinajstić information content (AvgIpc) is 3.22. The molecule has 142 valence electrons. The first-order chi connectivity index (χ1) is 13.4. The van der Waals surface area contributed by atoms with E-state index in [0.29, 0.717) is 17.8 Å². The van der Waals surface area contributed by atoms with Gasteiger partial charge in [0.15, 0.2) is 5.65 Å². The maximum atomic E-state index is 13.4. The molecule has 0 radical (unpaired) electrons. The number of thiazole rings is 1. The van der Waals surface area contributed by atoms with Crippen molar-refractivity contribution in [2.24, 2.45) is 7.05 Å². The second-order valence-corrected chi connectivity index (χ2v) is 7.59. The van der Waals surface area contributed by atoms with E-state index >= 15 is 0 Å². The van der Waals surface area contributed by atoms with Gasteiger partial charge in [-0.2, -0.15) is 5.10 Å². The largest absolute Gasteiger partial charge is 0.302 e. The summed E-state index contributed by atoms with van der Waals surface area (Å²) < 4.78 is 15.1. The number of hydrogen-bond acceptors (Lipinski definition) is 5. The van der Waals surface area contributed by atoms with E-state index in [-0.39, 0.29) is 11.7 Å². The van der Waals surface area contributed by atoms with Crippen molar-refractivity contribution in [3.63, 3.8) is 0 Å². The number of benzene rings is 1. The highest BCUT2D eigenvalue weighted by Gasteiger charge is 2.21. The molecule has 0 atom stereocenters. The van der Waals surface area contributed by atoms with Gasteiger partial charge in [-0.25, -0.2) is 14.4 Å². The Bertz CT molecular complexity index is 1170. The van der Waals surface area contributed by atoms with Gasteiger partial charge in [-0.15, -0.1) is 11.3 Å². The molecule has 0 N–H and O–H groups in total. The molecule has 0 aliphatic rings. The SMILES string of the molecule is Cc1nc(CN(C(=O)c2cnc3c(c2)c(C)nn3C)c2ccc(F)cc2)cs1. The molecule has 0 spiro atoms. The summed E-state index contributed by atoms with van der Waals surface area (Å²) in [6, 6.07) is 7.67. The summed E-state index contributed by atoms with van der Waals surface area (Å²) in [5.74, 6) is -0.579. The number of carbonyl (C=O) groups is 1. The molecule has 6 nitrogen and oxygen atoms in total. The van der Waals surface area contributed by atoms with Crippen LogP contribution in [-0.2, 0) is 13.6 Å². The number of nitrogens with zero attached hydrogens (tertiary/aromatic N) is 5.